The molecule has 1 N–H and O–H groups in total. The van der Waals surface area contributed by atoms with Gasteiger partial charge in [0.2, 0.25) is 5.16 Å². The highest BCUT2D eigenvalue weighted by molar-refractivity contribution is 9.10. The van der Waals surface area contributed by atoms with Gasteiger partial charge < -0.3 is 5.11 Å². The standard InChI is InChI=1S/C10H6BrN5O2S/c11-7-2-1-3-8(6(7)4-12)19-10-13-14-15-16(10)5-9(17)18/h1-3H,5H2,(H,17,18). The zero-order valence-electron chi connectivity index (χ0n) is 9.32. The largest absolute Gasteiger partial charge is 0.480 e. The summed E-state index contributed by atoms with van der Waals surface area (Å²) in [7, 11) is 0. The number of rotatable bonds is 4. The first-order valence-corrected chi connectivity index (χ1v) is 6.57. The Labute approximate surface area is 120 Å². The molecule has 0 aliphatic rings. The van der Waals surface area contributed by atoms with E-state index in [-0.39, 0.29) is 6.54 Å². The molecule has 0 saturated carbocycles. The maximum Gasteiger partial charge on any atom is 0.325 e. The molecular weight excluding hydrogens is 334 g/mol. The fourth-order valence-corrected chi connectivity index (χ4v) is 2.76. The summed E-state index contributed by atoms with van der Waals surface area (Å²) >= 11 is 4.42. The Morgan fingerprint density at radius 1 is 1.58 bits per heavy atom. The molecule has 0 bridgehead atoms. The van der Waals surface area contributed by atoms with Crippen LogP contribution in [0.15, 0.2) is 32.7 Å². The van der Waals surface area contributed by atoms with Gasteiger partial charge in [0, 0.05) is 9.37 Å². The summed E-state index contributed by atoms with van der Waals surface area (Å²) in [6, 6.07) is 7.35. The monoisotopic (exact) mass is 339 g/mol. The molecule has 2 rings (SSSR count). The van der Waals surface area contributed by atoms with Crippen molar-refractivity contribution in [2.45, 2.75) is 16.6 Å². The van der Waals surface area contributed by atoms with Gasteiger partial charge in [0.15, 0.2) is 0 Å². The molecule has 19 heavy (non-hydrogen) atoms. The van der Waals surface area contributed by atoms with Gasteiger partial charge in [0.25, 0.3) is 0 Å². The molecule has 1 aromatic heterocycles. The molecule has 7 nitrogen and oxygen atoms in total. The SMILES string of the molecule is N#Cc1c(Br)cccc1Sc1nnnn1CC(=O)O. The second-order valence-corrected chi connectivity index (χ2v) is 5.20. The molecule has 2 aromatic rings. The van der Waals surface area contributed by atoms with E-state index >= 15 is 0 Å². The lowest BCUT2D eigenvalue weighted by Gasteiger charge is -2.04. The Morgan fingerprint density at radius 2 is 2.37 bits per heavy atom. The minimum absolute atomic E-state index is 0.317. The van der Waals surface area contributed by atoms with Crippen LogP contribution in [0.1, 0.15) is 5.56 Å². The predicted octanol–water partition coefficient (Wildman–Crippen LogP) is 1.54. The van der Waals surface area contributed by atoms with E-state index in [2.05, 4.69) is 37.5 Å². The maximum atomic E-state index is 10.7. The molecule has 9 heteroatoms. The molecule has 0 amide bonds. The van der Waals surface area contributed by atoms with Crippen molar-refractivity contribution in [1.29, 1.82) is 5.26 Å². The number of carbonyl (C=O) groups is 1. The van der Waals surface area contributed by atoms with Crippen molar-refractivity contribution in [2.24, 2.45) is 0 Å². The normalized spacial score (nSPS) is 10.1. The Balaban J connectivity index is 2.32. The van der Waals surface area contributed by atoms with Crippen LogP contribution in [0.2, 0.25) is 0 Å². The molecule has 0 saturated heterocycles. The third-order valence-corrected chi connectivity index (χ3v) is 3.77. The molecule has 0 atom stereocenters. The number of carboxylic acid groups (broad SMARTS) is 1. The van der Waals surface area contributed by atoms with Crippen molar-refractivity contribution in [1.82, 2.24) is 20.2 Å². The van der Waals surface area contributed by atoms with Crippen molar-refractivity contribution >= 4 is 33.7 Å². The van der Waals surface area contributed by atoms with E-state index in [0.29, 0.717) is 20.1 Å². The lowest BCUT2D eigenvalue weighted by atomic mass is 10.2. The highest BCUT2D eigenvalue weighted by Gasteiger charge is 2.14. The highest BCUT2D eigenvalue weighted by Crippen LogP contribution is 2.31. The number of tetrazole rings is 1. The Bertz CT molecular complexity index is 666. The molecule has 1 aromatic carbocycles. The van der Waals surface area contributed by atoms with Crippen LogP contribution in [0, 0.1) is 11.3 Å². The van der Waals surface area contributed by atoms with E-state index in [1.54, 1.807) is 18.2 Å². The third kappa shape index (κ3) is 3.10. The molecule has 0 radical (unpaired) electrons. The van der Waals surface area contributed by atoms with Gasteiger partial charge in [-0.2, -0.15) is 5.26 Å². The molecule has 1 heterocycles. The lowest BCUT2D eigenvalue weighted by molar-refractivity contribution is -0.138. The summed E-state index contributed by atoms with van der Waals surface area (Å²) in [6.07, 6.45) is 0. The quantitative estimate of drug-likeness (QED) is 0.900. The zero-order chi connectivity index (χ0) is 13.8. The van der Waals surface area contributed by atoms with E-state index in [1.807, 2.05) is 0 Å². The number of nitrogens with zero attached hydrogens (tertiary/aromatic N) is 5. The van der Waals surface area contributed by atoms with Crippen LogP contribution in [-0.2, 0) is 11.3 Å². The van der Waals surface area contributed by atoms with Crippen LogP contribution in [0.5, 0.6) is 0 Å². The summed E-state index contributed by atoms with van der Waals surface area (Å²) in [4.78, 5) is 11.3. The Hall–Kier alpha value is -1.92. The number of aliphatic carboxylic acids is 1. The molecule has 0 aliphatic carbocycles. The number of benzene rings is 1. The lowest BCUT2D eigenvalue weighted by Crippen LogP contribution is -2.11. The molecule has 0 aliphatic heterocycles. The van der Waals surface area contributed by atoms with Crippen LogP contribution in [-0.4, -0.2) is 31.3 Å². The molecular formula is C10H6BrN5O2S. The third-order valence-electron chi connectivity index (χ3n) is 2.07. The number of hydrogen-bond acceptors (Lipinski definition) is 6. The summed E-state index contributed by atoms with van der Waals surface area (Å²) in [5.74, 6) is -1.04. The van der Waals surface area contributed by atoms with E-state index in [1.165, 1.54) is 0 Å². The van der Waals surface area contributed by atoms with E-state index in [4.69, 9.17) is 10.4 Å². The van der Waals surface area contributed by atoms with E-state index in [9.17, 15) is 4.79 Å². The van der Waals surface area contributed by atoms with Crippen molar-refractivity contribution in [3.05, 3.63) is 28.2 Å². The molecule has 0 unspecified atom stereocenters. The number of carboxylic acids is 1. The first-order chi connectivity index (χ1) is 9.11. The van der Waals surface area contributed by atoms with Gasteiger partial charge in [-0.3, -0.25) is 4.79 Å². The summed E-state index contributed by atoms with van der Waals surface area (Å²) < 4.78 is 1.83. The second kappa shape index (κ2) is 5.81. The highest BCUT2D eigenvalue weighted by atomic mass is 79.9. The number of nitriles is 1. The maximum absolute atomic E-state index is 10.7. The Kier molecular flexibility index (Phi) is 4.13. The first-order valence-electron chi connectivity index (χ1n) is 4.96. The van der Waals surface area contributed by atoms with Crippen LogP contribution in [0.25, 0.3) is 0 Å². The fourth-order valence-electron chi connectivity index (χ4n) is 1.29. The van der Waals surface area contributed by atoms with Gasteiger partial charge in [-0.25, -0.2) is 4.68 Å². The van der Waals surface area contributed by atoms with Crippen LogP contribution in [0.4, 0.5) is 0 Å². The molecule has 0 spiro atoms. The van der Waals surface area contributed by atoms with Gasteiger partial charge >= 0.3 is 5.97 Å². The van der Waals surface area contributed by atoms with Crippen molar-refractivity contribution in [2.75, 3.05) is 0 Å². The predicted molar refractivity (Wildman–Crippen MR) is 68.4 cm³/mol. The van der Waals surface area contributed by atoms with Gasteiger partial charge in [-0.05, 0) is 50.3 Å². The minimum Gasteiger partial charge on any atom is -0.480 e. The average Bonchev–Trinajstić information content (AvgIpc) is 2.76. The molecule has 0 fully saturated rings. The molecule has 96 valence electrons. The van der Waals surface area contributed by atoms with Crippen LogP contribution < -0.4 is 0 Å². The van der Waals surface area contributed by atoms with Crippen molar-refractivity contribution < 1.29 is 9.90 Å². The topological polar surface area (TPSA) is 105 Å². The van der Waals surface area contributed by atoms with Gasteiger partial charge in [0.05, 0.1) is 5.56 Å². The summed E-state index contributed by atoms with van der Waals surface area (Å²) in [5.41, 5.74) is 0.456. The van der Waals surface area contributed by atoms with Crippen molar-refractivity contribution in [3.63, 3.8) is 0 Å². The minimum atomic E-state index is -1.04. The van der Waals surface area contributed by atoms with Crippen molar-refractivity contribution in [3.8, 4) is 6.07 Å². The summed E-state index contributed by atoms with van der Waals surface area (Å²) in [6.45, 7) is -0.328. The smallest absolute Gasteiger partial charge is 0.325 e. The second-order valence-electron chi connectivity index (χ2n) is 3.34. The summed E-state index contributed by atoms with van der Waals surface area (Å²) in [5, 5.41) is 28.9. The van der Waals surface area contributed by atoms with Gasteiger partial charge in [0.1, 0.15) is 12.6 Å². The number of halogens is 1. The van der Waals surface area contributed by atoms with Gasteiger partial charge in [-0.15, -0.1) is 5.10 Å². The fraction of sp³-hybridized carbons (Fsp3) is 0.100. The van der Waals surface area contributed by atoms with E-state index in [0.717, 1.165) is 16.4 Å². The number of aromatic nitrogens is 4. The zero-order valence-corrected chi connectivity index (χ0v) is 11.7. The average molecular weight is 340 g/mol. The number of hydrogen-bond donors (Lipinski definition) is 1. The van der Waals surface area contributed by atoms with Gasteiger partial charge in [-0.1, -0.05) is 6.07 Å². The Morgan fingerprint density at radius 3 is 3.05 bits per heavy atom. The first kappa shape index (κ1) is 13.5. The van der Waals surface area contributed by atoms with Crippen LogP contribution >= 0.6 is 27.7 Å². The van der Waals surface area contributed by atoms with E-state index < -0.39 is 5.97 Å². The van der Waals surface area contributed by atoms with Crippen LogP contribution in [0.3, 0.4) is 0 Å².